The van der Waals surface area contributed by atoms with Crippen LogP contribution in [0.4, 0.5) is 17.6 Å². The van der Waals surface area contributed by atoms with E-state index in [4.69, 9.17) is 9.72 Å². The van der Waals surface area contributed by atoms with E-state index in [9.17, 15) is 27.2 Å². The fourth-order valence-corrected chi connectivity index (χ4v) is 6.63. The lowest BCUT2D eigenvalue weighted by molar-refractivity contribution is -0.140. The molecule has 44 heavy (non-hydrogen) atoms. The van der Waals surface area contributed by atoms with Crippen LogP contribution in [-0.2, 0) is 17.4 Å². The van der Waals surface area contributed by atoms with Crippen molar-refractivity contribution in [2.75, 3.05) is 24.7 Å². The topological polar surface area (TPSA) is 77.3 Å². The van der Waals surface area contributed by atoms with Gasteiger partial charge in [0.25, 0.3) is 5.56 Å². The predicted molar refractivity (Wildman–Crippen MR) is 162 cm³/mol. The molecule has 0 radical (unpaired) electrons. The molecule has 7 nitrogen and oxygen atoms in total. The number of halogens is 4. The van der Waals surface area contributed by atoms with Crippen molar-refractivity contribution in [1.82, 2.24) is 19.4 Å². The Bertz CT molecular complexity index is 1690. The number of hydrogen-bond donors (Lipinski definition) is 0. The van der Waals surface area contributed by atoms with Crippen LogP contribution in [0.2, 0.25) is 0 Å². The molecule has 0 aliphatic carbocycles. The van der Waals surface area contributed by atoms with E-state index in [2.05, 4.69) is 4.98 Å². The van der Waals surface area contributed by atoms with Crippen LogP contribution in [0, 0.1) is 11.7 Å². The van der Waals surface area contributed by atoms with Gasteiger partial charge in [-0.3, -0.25) is 14.2 Å². The molecule has 3 heterocycles. The van der Waals surface area contributed by atoms with E-state index in [0.29, 0.717) is 36.0 Å². The SMILES string of the molecule is CCOc1ccc(-n2c([C@H](C)N(CC3CCSCC3)C(=O)Cc3ccc(F)c(C(F)(F)F)c3)nc3ncccc3c2=O)cc1. The number of amides is 1. The third-order valence-electron chi connectivity index (χ3n) is 7.72. The van der Waals surface area contributed by atoms with Gasteiger partial charge in [-0.05, 0) is 98.2 Å². The fraction of sp³-hybridized carbons (Fsp3) is 0.375. The zero-order valence-corrected chi connectivity index (χ0v) is 25.1. The number of thioether (sulfide) groups is 1. The quantitative estimate of drug-likeness (QED) is 0.194. The molecule has 1 amide bonds. The van der Waals surface area contributed by atoms with Crippen molar-refractivity contribution in [3.8, 4) is 11.4 Å². The van der Waals surface area contributed by atoms with Gasteiger partial charge in [-0.15, -0.1) is 0 Å². The molecule has 4 aromatic rings. The zero-order chi connectivity index (χ0) is 31.4. The summed E-state index contributed by atoms with van der Waals surface area (Å²) < 4.78 is 61.3. The molecule has 2 aromatic heterocycles. The maximum absolute atomic E-state index is 14.0. The number of aromatic nitrogens is 3. The minimum atomic E-state index is -4.90. The third-order valence-corrected chi connectivity index (χ3v) is 8.77. The predicted octanol–water partition coefficient (Wildman–Crippen LogP) is 6.61. The van der Waals surface area contributed by atoms with Gasteiger partial charge in [0.15, 0.2) is 5.65 Å². The molecule has 1 fully saturated rings. The van der Waals surface area contributed by atoms with Crippen LogP contribution in [-0.4, -0.2) is 50.0 Å². The Morgan fingerprint density at radius 2 is 1.86 bits per heavy atom. The Morgan fingerprint density at radius 1 is 1.14 bits per heavy atom. The van der Waals surface area contributed by atoms with Gasteiger partial charge in [-0.1, -0.05) is 6.07 Å². The van der Waals surface area contributed by atoms with Crippen LogP contribution >= 0.6 is 11.8 Å². The van der Waals surface area contributed by atoms with Crippen LogP contribution < -0.4 is 10.3 Å². The Balaban J connectivity index is 1.58. The second kappa shape index (κ2) is 13.4. The fourth-order valence-electron chi connectivity index (χ4n) is 5.42. The van der Waals surface area contributed by atoms with Gasteiger partial charge in [0.1, 0.15) is 17.4 Å². The van der Waals surface area contributed by atoms with Gasteiger partial charge in [0.2, 0.25) is 5.91 Å². The highest BCUT2D eigenvalue weighted by Crippen LogP contribution is 2.33. The Morgan fingerprint density at radius 3 is 2.55 bits per heavy atom. The molecule has 0 unspecified atom stereocenters. The van der Waals surface area contributed by atoms with Crippen molar-refractivity contribution in [3.63, 3.8) is 0 Å². The Hall–Kier alpha value is -3.93. The van der Waals surface area contributed by atoms with Crippen LogP contribution in [0.1, 0.15) is 49.7 Å². The number of fused-ring (bicyclic) bond motifs is 1. The first-order valence-corrected chi connectivity index (χ1v) is 15.6. The number of benzene rings is 2. The number of ether oxygens (including phenoxy) is 1. The van der Waals surface area contributed by atoms with Gasteiger partial charge in [-0.25, -0.2) is 14.4 Å². The van der Waals surface area contributed by atoms with Crippen LogP contribution in [0.5, 0.6) is 5.75 Å². The molecule has 12 heteroatoms. The average molecular weight is 629 g/mol. The van der Waals surface area contributed by atoms with Crippen molar-refractivity contribution in [2.24, 2.45) is 5.92 Å². The summed E-state index contributed by atoms with van der Waals surface area (Å²) in [4.78, 5) is 38.5. The summed E-state index contributed by atoms with van der Waals surface area (Å²) in [7, 11) is 0. The lowest BCUT2D eigenvalue weighted by Gasteiger charge is -2.34. The highest BCUT2D eigenvalue weighted by Gasteiger charge is 2.35. The van der Waals surface area contributed by atoms with Crippen LogP contribution in [0.3, 0.4) is 0 Å². The molecule has 0 spiro atoms. The second-order valence-corrected chi connectivity index (χ2v) is 11.9. The number of hydrogen-bond acceptors (Lipinski definition) is 6. The molecule has 0 N–H and O–H groups in total. The first-order valence-electron chi connectivity index (χ1n) is 14.4. The van der Waals surface area contributed by atoms with Crippen molar-refractivity contribution >= 4 is 28.7 Å². The highest BCUT2D eigenvalue weighted by atomic mass is 32.2. The minimum Gasteiger partial charge on any atom is -0.494 e. The van der Waals surface area contributed by atoms with E-state index >= 15 is 0 Å². The standard InChI is InChI=1S/C32H32F4N4O3S/c1-3-43-24-9-7-23(8-10-24)40-30(38-29-25(31(40)42)5-4-14-37-29)20(2)39(19-21-12-15-44-16-13-21)28(41)18-22-6-11-27(33)26(17-22)32(34,35)36/h4-11,14,17,20-21H,3,12-13,15-16,18-19H2,1-2H3/t20-/m0/s1. The van der Waals surface area contributed by atoms with Crippen LogP contribution in [0.25, 0.3) is 16.7 Å². The lowest BCUT2D eigenvalue weighted by Crippen LogP contribution is -2.41. The number of rotatable bonds is 9. The largest absolute Gasteiger partial charge is 0.494 e. The van der Waals surface area contributed by atoms with E-state index in [1.807, 2.05) is 18.7 Å². The summed E-state index contributed by atoms with van der Waals surface area (Å²) in [5, 5.41) is 0.297. The molecule has 1 aliphatic heterocycles. The first kappa shape index (κ1) is 31.5. The maximum atomic E-state index is 14.0. The molecule has 1 atom stereocenters. The van der Waals surface area contributed by atoms with Crippen molar-refractivity contribution in [3.05, 3.63) is 93.9 Å². The van der Waals surface area contributed by atoms with Crippen LogP contribution in [0.15, 0.2) is 65.6 Å². The number of pyridine rings is 1. The number of alkyl halides is 3. The molecular weight excluding hydrogens is 596 g/mol. The van der Waals surface area contributed by atoms with Gasteiger partial charge in [-0.2, -0.15) is 24.9 Å². The molecule has 1 saturated heterocycles. The molecular formula is C32H32F4N4O3S. The first-order chi connectivity index (χ1) is 21.1. The normalized spacial score (nSPS) is 14.9. The average Bonchev–Trinajstić information content (AvgIpc) is 3.01. The van der Waals surface area contributed by atoms with E-state index in [1.165, 1.54) is 16.8 Å². The molecule has 0 bridgehead atoms. The van der Waals surface area contributed by atoms with E-state index in [1.54, 1.807) is 48.2 Å². The number of carbonyl (C=O) groups is 1. The Kier molecular flexibility index (Phi) is 9.57. The summed E-state index contributed by atoms with van der Waals surface area (Å²) in [6.45, 7) is 4.42. The second-order valence-electron chi connectivity index (χ2n) is 10.7. The van der Waals surface area contributed by atoms with E-state index in [0.717, 1.165) is 30.4 Å². The van der Waals surface area contributed by atoms with E-state index < -0.39 is 29.5 Å². The number of carbonyl (C=O) groups excluding carboxylic acids is 1. The smallest absolute Gasteiger partial charge is 0.419 e. The lowest BCUT2D eigenvalue weighted by atomic mass is 10.00. The van der Waals surface area contributed by atoms with Gasteiger partial charge in [0, 0.05) is 12.7 Å². The van der Waals surface area contributed by atoms with Gasteiger partial charge < -0.3 is 9.64 Å². The van der Waals surface area contributed by atoms with Crippen molar-refractivity contribution < 1.29 is 27.1 Å². The monoisotopic (exact) mass is 628 g/mol. The summed E-state index contributed by atoms with van der Waals surface area (Å²) in [6.07, 6.45) is -2.01. The highest BCUT2D eigenvalue weighted by molar-refractivity contribution is 7.99. The summed E-state index contributed by atoms with van der Waals surface area (Å²) in [5.74, 6) is 1.06. The summed E-state index contributed by atoms with van der Waals surface area (Å²) >= 11 is 1.83. The van der Waals surface area contributed by atoms with Gasteiger partial charge >= 0.3 is 6.18 Å². The third kappa shape index (κ3) is 6.90. The zero-order valence-electron chi connectivity index (χ0n) is 24.3. The maximum Gasteiger partial charge on any atom is 0.419 e. The van der Waals surface area contributed by atoms with Gasteiger partial charge in [0.05, 0.1) is 35.7 Å². The summed E-state index contributed by atoms with van der Waals surface area (Å²) in [6, 6.07) is 12.1. The molecule has 1 aliphatic rings. The van der Waals surface area contributed by atoms with Crippen molar-refractivity contribution in [2.45, 2.75) is 45.3 Å². The number of nitrogens with zero attached hydrogens (tertiary/aromatic N) is 4. The summed E-state index contributed by atoms with van der Waals surface area (Å²) in [5.41, 5.74) is -1.02. The minimum absolute atomic E-state index is 0.0390. The molecule has 232 valence electrons. The van der Waals surface area contributed by atoms with Crippen molar-refractivity contribution in [1.29, 1.82) is 0 Å². The molecule has 5 rings (SSSR count). The molecule has 2 aromatic carbocycles. The van der Waals surface area contributed by atoms with E-state index in [-0.39, 0.29) is 34.9 Å². The molecule has 0 saturated carbocycles. The Labute approximate surface area is 256 Å².